The van der Waals surface area contributed by atoms with Gasteiger partial charge in [0.2, 0.25) is 23.6 Å². The summed E-state index contributed by atoms with van der Waals surface area (Å²) in [5, 5.41) is 41.7. The molecule has 2 aromatic heterocycles. The predicted molar refractivity (Wildman–Crippen MR) is 233 cm³/mol. The van der Waals surface area contributed by atoms with Crippen LogP contribution in [0.25, 0.3) is 20.7 Å². The number of thiophene rings is 1. The van der Waals surface area contributed by atoms with E-state index in [-0.39, 0.29) is 35.8 Å². The fourth-order valence-corrected chi connectivity index (χ4v) is 12.0. The summed E-state index contributed by atoms with van der Waals surface area (Å²) < 4.78 is 2.50. The number of aryl methyl sites for hydroxylation is 4. The summed E-state index contributed by atoms with van der Waals surface area (Å²) in [6, 6.07) is 12.9. The molecule has 4 amide bonds. The Labute approximate surface area is 363 Å². The number of rotatable bonds is 7. The molecule has 318 valence electrons. The molecule has 3 aromatic carbocycles. The number of hydrogen-bond donors (Lipinski definition) is 1. The van der Waals surface area contributed by atoms with Crippen LogP contribution < -0.4 is 14.7 Å². The Bertz CT molecular complexity index is 2880. The number of imide groups is 2. The molecule has 0 spiro atoms. The van der Waals surface area contributed by atoms with Crippen LogP contribution in [0.1, 0.15) is 47.9 Å². The third-order valence-corrected chi connectivity index (χ3v) is 15.0. The van der Waals surface area contributed by atoms with Crippen LogP contribution in [0.4, 0.5) is 28.6 Å². The van der Waals surface area contributed by atoms with Gasteiger partial charge in [0, 0.05) is 55.0 Å². The highest BCUT2D eigenvalue weighted by Gasteiger charge is 2.68. The van der Waals surface area contributed by atoms with Crippen LogP contribution in [0.2, 0.25) is 5.02 Å². The fourth-order valence-electron chi connectivity index (χ4n) is 10.7. The molecule has 6 atom stereocenters. The average Bonchev–Trinajstić information content (AvgIpc) is 3.89. The van der Waals surface area contributed by atoms with Gasteiger partial charge in [-0.25, -0.2) is 9.80 Å². The number of nitro groups is 2. The van der Waals surface area contributed by atoms with Crippen LogP contribution >= 0.6 is 22.9 Å². The topological polar surface area (TPSA) is 202 Å². The number of carbonyl (C=O) groups excluding carboxylic acids is 4. The van der Waals surface area contributed by atoms with E-state index in [4.69, 9.17) is 16.7 Å². The highest BCUT2D eigenvalue weighted by Crippen LogP contribution is 2.64. The Morgan fingerprint density at radius 1 is 0.903 bits per heavy atom. The number of halogens is 1. The summed E-state index contributed by atoms with van der Waals surface area (Å²) in [5.41, 5.74) is 0.634. The number of carbonyl (C=O) groups is 4. The van der Waals surface area contributed by atoms with E-state index in [0.717, 1.165) is 37.6 Å². The zero-order valence-electron chi connectivity index (χ0n) is 34.6. The van der Waals surface area contributed by atoms with E-state index in [1.807, 2.05) is 31.2 Å². The lowest BCUT2D eigenvalue weighted by Crippen LogP contribution is -2.49. The van der Waals surface area contributed by atoms with Crippen LogP contribution in [-0.2, 0) is 26.2 Å². The largest absolute Gasteiger partial charge is 0.507 e. The molecule has 1 N–H and O–H groups in total. The van der Waals surface area contributed by atoms with Gasteiger partial charge in [-0.3, -0.25) is 44.1 Å². The molecule has 2 aliphatic heterocycles. The normalized spacial score (nSPS) is 24.4. The Kier molecular flexibility index (Phi) is 9.26. The second kappa shape index (κ2) is 14.0. The second-order valence-corrected chi connectivity index (χ2v) is 18.6. The van der Waals surface area contributed by atoms with Gasteiger partial charge in [0.25, 0.3) is 0 Å². The highest BCUT2D eigenvalue weighted by atomic mass is 35.5. The smallest absolute Gasteiger partial charge is 0.301 e. The molecule has 0 unspecified atom stereocenters. The van der Waals surface area contributed by atoms with Crippen LogP contribution in [-0.4, -0.2) is 62.5 Å². The number of anilines is 3. The molecule has 9 rings (SSSR count). The van der Waals surface area contributed by atoms with E-state index in [1.54, 1.807) is 46.0 Å². The summed E-state index contributed by atoms with van der Waals surface area (Å²) in [7, 11) is 4.50. The number of aromatic nitrogens is 2. The van der Waals surface area contributed by atoms with Crippen LogP contribution in [0.15, 0.2) is 60.2 Å². The number of amides is 4. The van der Waals surface area contributed by atoms with Gasteiger partial charge in [-0.15, -0.1) is 11.3 Å². The highest BCUT2D eigenvalue weighted by molar-refractivity contribution is 7.22. The summed E-state index contributed by atoms with van der Waals surface area (Å²) >= 11 is 7.84. The first-order chi connectivity index (χ1) is 29.3. The van der Waals surface area contributed by atoms with Gasteiger partial charge in [0.1, 0.15) is 17.3 Å². The number of aromatic hydroxyl groups is 1. The van der Waals surface area contributed by atoms with E-state index in [0.29, 0.717) is 33.0 Å². The Morgan fingerprint density at radius 3 is 2.16 bits per heavy atom. The fraction of sp³-hybridized carbons (Fsp3) is 0.341. The molecule has 18 heteroatoms. The molecule has 62 heavy (non-hydrogen) atoms. The molecule has 3 fully saturated rings. The summed E-state index contributed by atoms with van der Waals surface area (Å²) in [5.74, 6) is -6.52. The van der Waals surface area contributed by atoms with E-state index in [2.05, 4.69) is 0 Å². The molecular formula is C44H40ClN7O9S. The molecule has 4 aliphatic rings. The molecule has 5 aromatic rings. The number of allylic oxidation sites excluding steroid dienone is 2. The lowest BCUT2D eigenvalue weighted by Gasteiger charge is -2.49. The van der Waals surface area contributed by atoms with Crippen LogP contribution in [0.5, 0.6) is 5.75 Å². The first kappa shape index (κ1) is 40.9. The van der Waals surface area contributed by atoms with E-state index in [1.165, 1.54) is 39.9 Å². The van der Waals surface area contributed by atoms with E-state index >= 15 is 9.59 Å². The van der Waals surface area contributed by atoms with E-state index < -0.39 is 79.9 Å². The lowest BCUT2D eigenvalue weighted by atomic mass is 9.51. The Balaban J connectivity index is 1.16. The van der Waals surface area contributed by atoms with Crippen molar-refractivity contribution in [2.24, 2.45) is 36.1 Å². The molecule has 2 aliphatic carbocycles. The first-order valence-corrected chi connectivity index (χ1v) is 21.1. The van der Waals surface area contributed by atoms with E-state index in [9.17, 15) is 34.9 Å². The molecular weight excluding hydrogens is 838 g/mol. The van der Waals surface area contributed by atoms with Gasteiger partial charge < -0.3 is 10.0 Å². The van der Waals surface area contributed by atoms with Crippen molar-refractivity contribution in [3.8, 4) is 16.3 Å². The van der Waals surface area contributed by atoms with Crippen molar-refractivity contribution in [3.63, 3.8) is 0 Å². The summed E-state index contributed by atoms with van der Waals surface area (Å²) in [6.07, 6.45) is 1.95. The van der Waals surface area contributed by atoms with Crippen LogP contribution in [0.3, 0.4) is 0 Å². The van der Waals surface area contributed by atoms with Gasteiger partial charge in [-0.05, 0) is 92.3 Å². The van der Waals surface area contributed by atoms with Crippen molar-refractivity contribution >= 4 is 85.2 Å². The third-order valence-electron chi connectivity index (χ3n) is 13.5. The molecule has 1 saturated carbocycles. The second-order valence-electron chi connectivity index (χ2n) is 17.1. The minimum absolute atomic E-state index is 0.0186. The minimum atomic E-state index is -1.40. The zero-order chi connectivity index (χ0) is 44.6. The minimum Gasteiger partial charge on any atom is -0.507 e. The maximum absolute atomic E-state index is 15.3. The monoisotopic (exact) mass is 877 g/mol. The number of nitrogens with zero attached hydrogens (tertiary/aromatic N) is 7. The van der Waals surface area contributed by atoms with Gasteiger partial charge in [-0.2, -0.15) is 5.10 Å². The molecule has 16 nitrogen and oxygen atoms in total. The lowest BCUT2D eigenvalue weighted by molar-refractivity contribution is -0.392. The van der Waals surface area contributed by atoms with Gasteiger partial charge in [0.15, 0.2) is 5.69 Å². The first-order valence-electron chi connectivity index (χ1n) is 19.9. The maximum atomic E-state index is 15.3. The molecule has 2 saturated heterocycles. The zero-order valence-corrected chi connectivity index (χ0v) is 36.2. The van der Waals surface area contributed by atoms with Crippen molar-refractivity contribution < 1.29 is 34.1 Å². The average molecular weight is 878 g/mol. The number of fused-ring (bicyclic) bond motifs is 5. The van der Waals surface area contributed by atoms with Crippen molar-refractivity contribution in [1.82, 2.24) is 9.78 Å². The van der Waals surface area contributed by atoms with Crippen molar-refractivity contribution in [2.45, 2.75) is 46.5 Å². The third kappa shape index (κ3) is 5.66. The molecule has 4 heterocycles. The van der Waals surface area contributed by atoms with Crippen molar-refractivity contribution in [2.75, 3.05) is 28.8 Å². The molecule has 0 bridgehead atoms. The van der Waals surface area contributed by atoms with Gasteiger partial charge >= 0.3 is 11.4 Å². The number of phenolic OH excluding ortho intramolecular Hbond substituents is 1. The Morgan fingerprint density at radius 2 is 1.55 bits per heavy atom. The number of nitro benzene ring substituents is 2. The standard InChI is InChI=1S/C44H40ClN7O9S/c1-19-12-22(13-20(2)38(19)53)36-25-9-10-26-35(42(56)49(40(26)54)24-15-31(51(58)59)37(47(5)6)32(16-24)52(60)61)28(25)17-29-41(55)50(43(57)44(29,36)4)34-18-30(46-48(34)7)39-21(3)27-14-23(45)8-11-33(27)62-39/h8-9,11-16,18,26,28-29,35-36,53H,10,17H2,1-7H3/t26-,28+,29-,35-,36-,44+/m0/s1. The number of phenols is 1. The number of hydrogen-bond acceptors (Lipinski definition) is 12. The van der Waals surface area contributed by atoms with Gasteiger partial charge in [0.05, 0.1) is 43.6 Å². The quantitative estimate of drug-likeness (QED) is 0.0721. The maximum Gasteiger partial charge on any atom is 0.301 e. The van der Waals surface area contributed by atoms with Crippen LogP contribution in [0, 0.1) is 70.1 Å². The van der Waals surface area contributed by atoms with Gasteiger partial charge in [-0.1, -0.05) is 35.4 Å². The number of benzene rings is 3. The van der Waals surface area contributed by atoms with Crippen molar-refractivity contribution in [1.29, 1.82) is 0 Å². The summed E-state index contributed by atoms with van der Waals surface area (Å²) in [6.45, 7) is 7.21. The van der Waals surface area contributed by atoms with Crippen molar-refractivity contribution in [3.05, 3.63) is 108 Å². The Hall–Kier alpha value is -6.46. The SMILES string of the molecule is Cc1cc([C@H]2C3=CC[C@@H]4C(=O)N(c5cc([N+](=O)[O-])c(N(C)C)c([N+](=O)[O-])c5)C(=O)[C@@H]4[C@@H]3C[C@H]3C(=O)N(c4cc(-c5sc6ccc(Cl)cc6c5C)nn4C)C(=O)[C@@]23C)cc(C)c1O. The summed E-state index contributed by atoms with van der Waals surface area (Å²) in [4.78, 5) is 86.5. The molecule has 0 radical (unpaired) electrons. The predicted octanol–water partition coefficient (Wildman–Crippen LogP) is 7.90.